The molecule has 0 amide bonds. The third-order valence-corrected chi connectivity index (χ3v) is 6.31. The number of phenols is 2. The molecule has 0 spiro atoms. The van der Waals surface area contributed by atoms with Crippen molar-refractivity contribution in [1.29, 1.82) is 0 Å². The molecule has 3 nitrogen and oxygen atoms in total. The lowest BCUT2D eigenvalue weighted by Gasteiger charge is -2.38. The number of thiophene rings is 1. The van der Waals surface area contributed by atoms with Crippen molar-refractivity contribution in [1.82, 2.24) is 5.32 Å². The molecular weight excluding hydrogens is 398 g/mol. The Kier molecular flexibility index (Phi) is 4.95. The van der Waals surface area contributed by atoms with Crippen LogP contribution in [0.4, 0.5) is 0 Å². The van der Waals surface area contributed by atoms with Gasteiger partial charge in [0.25, 0.3) is 0 Å². The van der Waals surface area contributed by atoms with Gasteiger partial charge in [-0.15, -0.1) is 28.3 Å². The molecule has 4 rings (SSSR count). The monoisotopic (exact) mass is 423 g/mol. The molecule has 0 fully saturated rings. The van der Waals surface area contributed by atoms with Crippen LogP contribution in [0, 0.1) is 5.41 Å². The predicted octanol–water partition coefficient (Wildman–Crippen LogP) is 4.88. The van der Waals surface area contributed by atoms with Gasteiger partial charge in [-0.3, -0.25) is 0 Å². The lowest BCUT2D eigenvalue weighted by atomic mass is 9.73. The summed E-state index contributed by atoms with van der Waals surface area (Å²) in [5.74, 6) is 0.274. The van der Waals surface area contributed by atoms with E-state index in [2.05, 4.69) is 32.2 Å². The van der Waals surface area contributed by atoms with Crippen molar-refractivity contribution in [3.8, 4) is 11.5 Å². The Morgan fingerprint density at radius 2 is 1.84 bits per heavy atom. The van der Waals surface area contributed by atoms with E-state index in [-0.39, 0.29) is 39.8 Å². The molecule has 2 aliphatic rings. The SMILES string of the molecule is Br.CC(C)(C)Cc1cc2c(s1)CNC1CCc3cc(O)c(O)cc3C21. The average Bonchev–Trinajstić information content (AvgIpc) is 2.88. The first-order chi connectivity index (χ1) is 11.3. The second-order valence-corrected chi connectivity index (χ2v) is 9.59. The summed E-state index contributed by atoms with van der Waals surface area (Å²) in [4.78, 5) is 2.88. The first-order valence-corrected chi connectivity index (χ1v) is 9.53. The van der Waals surface area contributed by atoms with Gasteiger partial charge in [-0.05, 0) is 59.6 Å². The van der Waals surface area contributed by atoms with Crippen LogP contribution >= 0.6 is 28.3 Å². The molecule has 1 aliphatic heterocycles. The van der Waals surface area contributed by atoms with Gasteiger partial charge in [-0.1, -0.05) is 20.8 Å². The molecule has 1 aliphatic carbocycles. The average molecular weight is 424 g/mol. The van der Waals surface area contributed by atoms with Crippen LogP contribution in [0.5, 0.6) is 11.5 Å². The maximum Gasteiger partial charge on any atom is 0.157 e. The number of rotatable bonds is 1. The molecule has 1 aromatic heterocycles. The zero-order valence-corrected chi connectivity index (χ0v) is 17.5. The van der Waals surface area contributed by atoms with Crippen LogP contribution in [-0.2, 0) is 19.4 Å². The number of aromatic hydroxyl groups is 2. The molecule has 0 bridgehead atoms. The van der Waals surface area contributed by atoms with Crippen molar-refractivity contribution in [2.75, 3.05) is 0 Å². The van der Waals surface area contributed by atoms with Gasteiger partial charge in [0, 0.05) is 28.3 Å². The predicted molar refractivity (Wildman–Crippen MR) is 108 cm³/mol. The third-order valence-electron chi connectivity index (χ3n) is 5.16. The Morgan fingerprint density at radius 1 is 1.12 bits per heavy atom. The highest BCUT2D eigenvalue weighted by Crippen LogP contribution is 2.46. The molecule has 2 atom stereocenters. The molecule has 5 heteroatoms. The van der Waals surface area contributed by atoms with Crippen LogP contribution in [0.15, 0.2) is 18.2 Å². The number of fused-ring (bicyclic) bond motifs is 5. The van der Waals surface area contributed by atoms with Gasteiger partial charge in [0.1, 0.15) is 0 Å². The van der Waals surface area contributed by atoms with Gasteiger partial charge in [-0.25, -0.2) is 0 Å². The summed E-state index contributed by atoms with van der Waals surface area (Å²) in [7, 11) is 0. The molecule has 25 heavy (non-hydrogen) atoms. The van der Waals surface area contributed by atoms with E-state index in [9.17, 15) is 10.2 Å². The highest BCUT2D eigenvalue weighted by atomic mass is 79.9. The maximum absolute atomic E-state index is 10.0. The van der Waals surface area contributed by atoms with E-state index in [4.69, 9.17) is 0 Å². The standard InChI is InChI=1S/C20H25NO2S.BrH/c1-20(2,3)9-12-7-14-18(24-12)10-21-15-5-4-11-6-16(22)17(23)8-13(11)19(14)15;/h6-8,15,19,21-23H,4-5,9-10H2,1-3H3;1H. The zero-order valence-electron chi connectivity index (χ0n) is 14.9. The number of halogens is 1. The van der Waals surface area contributed by atoms with Crippen LogP contribution in [0.1, 0.15) is 59.6 Å². The van der Waals surface area contributed by atoms with E-state index in [1.807, 2.05) is 11.3 Å². The Balaban J connectivity index is 0.00000182. The smallest absolute Gasteiger partial charge is 0.157 e. The minimum atomic E-state index is -0.00771. The largest absolute Gasteiger partial charge is 0.504 e. The summed E-state index contributed by atoms with van der Waals surface area (Å²) >= 11 is 1.93. The van der Waals surface area contributed by atoms with Crippen LogP contribution in [0.2, 0.25) is 0 Å². The summed E-state index contributed by atoms with van der Waals surface area (Å²) in [5, 5.41) is 23.5. The molecule has 3 N–H and O–H groups in total. The molecule has 0 saturated heterocycles. The van der Waals surface area contributed by atoms with Gasteiger partial charge in [-0.2, -0.15) is 0 Å². The zero-order chi connectivity index (χ0) is 17.1. The number of benzene rings is 1. The van der Waals surface area contributed by atoms with Crippen LogP contribution in [0.25, 0.3) is 0 Å². The first kappa shape index (κ1) is 18.7. The quantitative estimate of drug-likeness (QED) is 0.573. The fourth-order valence-corrected chi connectivity index (χ4v) is 5.64. The minimum absolute atomic E-state index is 0. The van der Waals surface area contributed by atoms with Crippen molar-refractivity contribution in [3.05, 3.63) is 44.6 Å². The van der Waals surface area contributed by atoms with Crippen molar-refractivity contribution in [2.24, 2.45) is 5.41 Å². The van der Waals surface area contributed by atoms with Crippen LogP contribution in [-0.4, -0.2) is 16.3 Å². The molecule has 0 saturated carbocycles. The number of hydrogen-bond acceptors (Lipinski definition) is 4. The van der Waals surface area contributed by atoms with Gasteiger partial charge in [0.15, 0.2) is 11.5 Å². The topological polar surface area (TPSA) is 52.5 Å². The lowest BCUT2D eigenvalue weighted by molar-refractivity contribution is 0.382. The summed E-state index contributed by atoms with van der Waals surface area (Å²) in [5.41, 5.74) is 4.06. The maximum atomic E-state index is 10.0. The van der Waals surface area contributed by atoms with E-state index in [0.717, 1.165) is 25.8 Å². The summed E-state index contributed by atoms with van der Waals surface area (Å²) in [6.07, 6.45) is 3.12. The normalized spacial score (nSPS) is 21.7. The van der Waals surface area contributed by atoms with Crippen molar-refractivity contribution in [3.63, 3.8) is 0 Å². The minimum Gasteiger partial charge on any atom is -0.504 e. The van der Waals surface area contributed by atoms with Gasteiger partial charge >= 0.3 is 0 Å². The fraction of sp³-hybridized carbons (Fsp3) is 0.500. The summed E-state index contributed by atoms with van der Waals surface area (Å²) < 4.78 is 0. The molecule has 2 heterocycles. The van der Waals surface area contributed by atoms with E-state index >= 15 is 0 Å². The van der Waals surface area contributed by atoms with Crippen molar-refractivity contribution < 1.29 is 10.2 Å². The highest BCUT2D eigenvalue weighted by Gasteiger charge is 2.37. The Labute approximate surface area is 163 Å². The van der Waals surface area contributed by atoms with Crippen LogP contribution < -0.4 is 5.32 Å². The third kappa shape index (κ3) is 3.46. The number of aryl methyl sites for hydroxylation is 1. The first-order valence-electron chi connectivity index (χ1n) is 8.71. The lowest BCUT2D eigenvalue weighted by Crippen LogP contribution is -2.41. The highest BCUT2D eigenvalue weighted by molar-refractivity contribution is 8.93. The second-order valence-electron chi connectivity index (χ2n) is 8.37. The van der Waals surface area contributed by atoms with E-state index in [1.54, 1.807) is 12.1 Å². The number of phenolic OH excluding ortho intramolecular Hbond substituents is 2. The summed E-state index contributed by atoms with van der Waals surface area (Å²) in [6, 6.07) is 6.34. The number of nitrogens with one attached hydrogen (secondary N) is 1. The van der Waals surface area contributed by atoms with Crippen LogP contribution in [0.3, 0.4) is 0 Å². The molecule has 136 valence electrons. The van der Waals surface area contributed by atoms with Gasteiger partial charge in [0.05, 0.1) is 0 Å². The molecular formula is C20H26BrNO2S. The fourth-order valence-electron chi connectivity index (χ4n) is 4.18. The Bertz CT molecular complexity index is 794. The molecule has 1 aromatic carbocycles. The van der Waals surface area contributed by atoms with E-state index in [1.165, 1.54) is 26.4 Å². The van der Waals surface area contributed by atoms with Gasteiger partial charge < -0.3 is 15.5 Å². The van der Waals surface area contributed by atoms with Gasteiger partial charge in [0.2, 0.25) is 0 Å². The summed E-state index contributed by atoms with van der Waals surface area (Å²) in [6.45, 7) is 7.79. The van der Waals surface area contributed by atoms with E-state index in [0.29, 0.717) is 6.04 Å². The second kappa shape index (κ2) is 6.60. The molecule has 0 radical (unpaired) electrons. The Morgan fingerprint density at radius 3 is 2.56 bits per heavy atom. The van der Waals surface area contributed by atoms with Crippen molar-refractivity contribution >= 4 is 28.3 Å². The van der Waals surface area contributed by atoms with E-state index < -0.39 is 0 Å². The number of hydrogen-bond donors (Lipinski definition) is 3. The molecule has 2 unspecified atom stereocenters. The molecule has 2 aromatic rings. The Hall–Kier alpha value is -1.04. The van der Waals surface area contributed by atoms with Crippen molar-refractivity contribution in [2.45, 2.75) is 58.5 Å².